The summed E-state index contributed by atoms with van der Waals surface area (Å²) >= 11 is 1.72. The predicted octanol–water partition coefficient (Wildman–Crippen LogP) is 5.53. The molecule has 1 aliphatic rings. The molecule has 138 valence electrons. The molecule has 26 heavy (non-hydrogen) atoms. The van der Waals surface area contributed by atoms with E-state index in [1.54, 1.807) is 11.8 Å². The van der Waals surface area contributed by atoms with E-state index in [-0.39, 0.29) is 17.6 Å². The number of amides is 1. The maximum atomic E-state index is 13.0. The van der Waals surface area contributed by atoms with E-state index in [0.29, 0.717) is 5.25 Å². The molecule has 4 heteroatoms. The fraction of sp³-hybridized carbons (Fsp3) is 0.409. The lowest BCUT2D eigenvalue weighted by Crippen LogP contribution is -2.41. The topological polar surface area (TPSA) is 38.3 Å². The number of benzene rings is 2. The van der Waals surface area contributed by atoms with Crippen molar-refractivity contribution in [2.75, 3.05) is 0 Å². The van der Waals surface area contributed by atoms with Crippen molar-refractivity contribution in [2.45, 2.75) is 62.8 Å². The van der Waals surface area contributed by atoms with Crippen molar-refractivity contribution in [3.8, 4) is 5.75 Å². The summed E-state index contributed by atoms with van der Waals surface area (Å²) in [5.41, 5.74) is 2.64. The lowest BCUT2D eigenvalue weighted by molar-refractivity contribution is 0.0618. The van der Waals surface area contributed by atoms with E-state index >= 15 is 0 Å². The minimum atomic E-state index is -0.315. The van der Waals surface area contributed by atoms with E-state index < -0.39 is 0 Å². The van der Waals surface area contributed by atoms with E-state index in [4.69, 9.17) is 4.74 Å². The highest BCUT2D eigenvalue weighted by Gasteiger charge is 2.34. The van der Waals surface area contributed by atoms with Crippen LogP contribution in [0.5, 0.6) is 5.75 Å². The number of hydrogen-bond acceptors (Lipinski definition) is 3. The Hall–Kier alpha value is -1.94. The summed E-state index contributed by atoms with van der Waals surface area (Å²) < 4.78 is 6.14. The first-order chi connectivity index (χ1) is 12.2. The molecule has 3 nitrogen and oxygen atoms in total. The van der Waals surface area contributed by atoms with E-state index in [1.165, 1.54) is 0 Å². The molecule has 0 spiro atoms. The Morgan fingerprint density at radius 1 is 1.23 bits per heavy atom. The zero-order valence-corrected chi connectivity index (χ0v) is 16.9. The standard InChI is InChI=1S/C22H27NO2S/c1-14(2)26-20-9-7-6-8-17(20)21(24)23-18-13-22(4,5)25-19-12-15(3)10-11-16(18)19/h6-12,14,18H,13H2,1-5H3,(H,23,24)/t18-/m1/s1. The van der Waals surface area contributed by atoms with E-state index in [2.05, 4.69) is 58.1 Å². The van der Waals surface area contributed by atoms with Gasteiger partial charge in [-0.15, -0.1) is 11.8 Å². The normalized spacial score (nSPS) is 18.2. The molecule has 0 saturated carbocycles. The van der Waals surface area contributed by atoms with Gasteiger partial charge < -0.3 is 10.1 Å². The molecule has 1 N–H and O–H groups in total. The number of ether oxygens (including phenoxy) is 1. The van der Waals surface area contributed by atoms with Crippen LogP contribution < -0.4 is 10.1 Å². The van der Waals surface area contributed by atoms with Gasteiger partial charge in [0.05, 0.1) is 11.6 Å². The van der Waals surface area contributed by atoms with Crippen LogP contribution in [0.1, 0.15) is 61.6 Å². The second-order valence-electron chi connectivity index (χ2n) is 7.80. The van der Waals surface area contributed by atoms with Crippen LogP contribution in [0, 0.1) is 6.92 Å². The van der Waals surface area contributed by atoms with Gasteiger partial charge in [-0.3, -0.25) is 4.79 Å². The van der Waals surface area contributed by atoms with Gasteiger partial charge in [-0.2, -0.15) is 0 Å². The molecule has 1 aliphatic heterocycles. The predicted molar refractivity (Wildman–Crippen MR) is 108 cm³/mol. The molecule has 0 unspecified atom stereocenters. The Morgan fingerprint density at radius 3 is 2.69 bits per heavy atom. The third-order valence-corrected chi connectivity index (χ3v) is 5.51. The fourth-order valence-corrected chi connectivity index (χ4v) is 4.29. The van der Waals surface area contributed by atoms with E-state index in [1.807, 2.05) is 24.3 Å². The van der Waals surface area contributed by atoms with E-state index in [9.17, 15) is 4.79 Å². The van der Waals surface area contributed by atoms with Crippen molar-refractivity contribution < 1.29 is 9.53 Å². The molecule has 3 rings (SSSR count). The molecule has 0 radical (unpaired) electrons. The number of carbonyl (C=O) groups is 1. The molecular formula is C22H27NO2S. The number of aryl methyl sites for hydroxylation is 1. The zero-order valence-electron chi connectivity index (χ0n) is 16.1. The van der Waals surface area contributed by atoms with Gasteiger partial charge in [-0.1, -0.05) is 38.1 Å². The Kier molecular flexibility index (Phi) is 5.33. The number of nitrogens with one attached hydrogen (secondary N) is 1. The smallest absolute Gasteiger partial charge is 0.252 e. The lowest BCUT2D eigenvalue weighted by Gasteiger charge is -2.38. The van der Waals surface area contributed by atoms with Crippen LogP contribution in [0.2, 0.25) is 0 Å². The average molecular weight is 370 g/mol. The van der Waals surface area contributed by atoms with Crippen molar-refractivity contribution in [3.63, 3.8) is 0 Å². The van der Waals surface area contributed by atoms with Crippen molar-refractivity contribution in [2.24, 2.45) is 0 Å². The summed E-state index contributed by atoms with van der Waals surface area (Å²) in [5.74, 6) is 0.847. The minimum Gasteiger partial charge on any atom is -0.487 e. The van der Waals surface area contributed by atoms with E-state index in [0.717, 1.165) is 33.8 Å². The van der Waals surface area contributed by atoms with Crippen molar-refractivity contribution >= 4 is 17.7 Å². The van der Waals surface area contributed by atoms with Gasteiger partial charge in [0.1, 0.15) is 11.4 Å². The molecule has 0 fully saturated rings. The van der Waals surface area contributed by atoms with Gasteiger partial charge in [0.2, 0.25) is 0 Å². The lowest BCUT2D eigenvalue weighted by atomic mass is 9.89. The zero-order chi connectivity index (χ0) is 18.9. The van der Waals surface area contributed by atoms with Crippen LogP contribution in [-0.2, 0) is 0 Å². The van der Waals surface area contributed by atoms with Gasteiger partial charge in [0.15, 0.2) is 0 Å². The highest BCUT2D eigenvalue weighted by Crippen LogP contribution is 2.40. The summed E-state index contributed by atoms with van der Waals surface area (Å²) in [6.07, 6.45) is 0.744. The SMILES string of the molecule is Cc1ccc2c(c1)OC(C)(C)C[C@H]2NC(=O)c1ccccc1SC(C)C. The van der Waals surface area contributed by atoms with Gasteiger partial charge in [0.25, 0.3) is 5.91 Å². The van der Waals surface area contributed by atoms with Crippen molar-refractivity contribution in [1.29, 1.82) is 0 Å². The molecular weight excluding hydrogens is 342 g/mol. The van der Waals surface area contributed by atoms with Crippen LogP contribution in [0.4, 0.5) is 0 Å². The Balaban J connectivity index is 1.88. The number of thioether (sulfide) groups is 1. The van der Waals surface area contributed by atoms with Crippen LogP contribution in [0.25, 0.3) is 0 Å². The molecule has 0 aliphatic carbocycles. The maximum Gasteiger partial charge on any atom is 0.252 e. The molecule has 0 saturated heterocycles. The summed E-state index contributed by atoms with van der Waals surface area (Å²) in [7, 11) is 0. The summed E-state index contributed by atoms with van der Waals surface area (Å²) in [5, 5.41) is 3.67. The van der Waals surface area contributed by atoms with Gasteiger partial charge in [-0.25, -0.2) is 0 Å². The summed E-state index contributed by atoms with van der Waals surface area (Å²) in [4.78, 5) is 14.1. The number of fused-ring (bicyclic) bond motifs is 1. The Morgan fingerprint density at radius 2 is 1.96 bits per heavy atom. The van der Waals surface area contributed by atoms with Crippen LogP contribution in [-0.4, -0.2) is 16.8 Å². The van der Waals surface area contributed by atoms with Crippen LogP contribution >= 0.6 is 11.8 Å². The van der Waals surface area contributed by atoms with Crippen LogP contribution in [0.15, 0.2) is 47.4 Å². The summed E-state index contributed by atoms with van der Waals surface area (Å²) in [6, 6.07) is 14.0. The quantitative estimate of drug-likeness (QED) is 0.720. The first kappa shape index (κ1) is 18.8. The molecule has 1 atom stereocenters. The maximum absolute atomic E-state index is 13.0. The third kappa shape index (κ3) is 4.24. The Bertz CT molecular complexity index is 814. The first-order valence-corrected chi connectivity index (χ1v) is 9.99. The molecule has 1 amide bonds. The molecule has 2 aromatic carbocycles. The largest absolute Gasteiger partial charge is 0.487 e. The summed E-state index contributed by atoms with van der Waals surface area (Å²) in [6.45, 7) is 10.5. The minimum absolute atomic E-state index is 0.0250. The second kappa shape index (κ2) is 7.36. The van der Waals surface area contributed by atoms with Crippen molar-refractivity contribution in [3.05, 3.63) is 59.2 Å². The van der Waals surface area contributed by atoms with Gasteiger partial charge in [-0.05, 0) is 44.5 Å². The number of rotatable bonds is 4. The fourth-order valence-electron chi connectivity index (χ4n) is 3.33. The van der Waals surface area contributed by atoms with Gasteiger partial charge in [0, 0.05) is 22.1 Å². The van der Waals surface area contributed by atoms with Crippen molar-refractivity contribution in [1.82, 2.24) is 5.32 Å². The average Bonchev–Trinajstić information content (AvgIpc) is 2.53. The Labute approximate surface area is 160 Å². The molecule has 2 aromatic rings. The van der Waals surface area contributed by atoms with Gasteiger partial charge >= 0.3 is 0 Å². The number of carbonyl (C=O) groups excluding carboxylic acids is 1. The molecule has 0 aromatic heterocycles. The number of hydrogen-bond donors (Lipinski definition) is 1. The highest BCUT2D eigenvalue weighted by molar-refractivity contribution is 8.00. The molecule has 0 bridgehead atoms. The second-order valence-corrected chi connectivity index (χ2v) is 9.41. The first-order valence-electron chi connectivity index (χ1n) is 9.11. The highest BCUT2D eigenvalue weighted by atomic mass is 32.2. The third-order valence-electron chi connectivity index (χ3n) is 4.43. The molecule has 1 heterocycles. The monoisotopic (exact) mass is 369 g/mol. The van der Waals surface area contributed by atoms with Crippen LogP contribution in [0.3, 0.4) is 0 Å².